The van der Waals surface area contributed by atoms with Crippen molar-refractivity contribution in [3.63, 3.8) is 0 Å². The molecule has 10 nitrogen and oxygen atoms in total. The van der Waals surface area contributed by atoms with E-state index in [1.807, 2.05) is 13.8 Å². The molecular formula is C17H20N4NaO6+. The Hall–Kier alpha value is -1.66. The van der Waals surface area contributed by atoms with Crippen molar-refractivity contribution in [2.75, 3.05) is 6.61 Å². The fourth-order valence-corrected chi connectivity index (χ4v) is 2.89. The second-order valence-electron chi connectivity index (χ2n) is 6.50. The Balaban J connectivity index is 0.00000280. The van der Waals surface area contributed by atoms with Gasteiger partial charge in [-0.15, -0.1) is 0 Å². The molecule has 28 heavy (non-hydrogen) atoms. The van der Waals surface area contributed by atoms with E-state index in [-0.39, 0.29) is 47.6 Å². The molecule has 0 aliphatic carbocycles. The van der Waals surface area contributed by atoms with Gasteiger partial charge < -0.3 is 25.0 Å². The van der Waals surface area contributed by atoms with Gasteiger partial charge in [0.25, 0.3) is 5.56 Å². The monoisotopic (exact) mass is 399 g/mol. The van der Waals surface area contributed by atoms with E-state index in [2.05, 4.69) is 15.0 Å². The van der Waals surface area contributed by atoms with Crippen molar-refractivity contribution < 1.29 is 50.0 Å². The normalized spacial score (nSPS) is 14.6. The van der Waals surface area contributed by atoms with Gasteiger partial charge in [0, 0.05) is 0 Å². The van der Waals surface area contributed by atoms with Crippen molar-refractivity contribution in [2.45, 2.75) is 38.7 Å². The van der Waals surface area contributed by atoms with Crippen LogP contribution in [-0.4, -0.2) is 64.9 Å². The average molecular weight is 399 g/mol. The van der Waals surface area contributed by atoms with Gasteiger partial charge in [0.1, 0.15) is 18.3 Å². The van der Waals surface area contributed by atoms with Crippen LogP contribution in [0.1, 0.15) is 11.1 Å². The fraction of sp³-hybridized carbons (Fsp3) is 0.412. The molecule has 5 N–H and O–H groups in total. The third-order valence-electron chi connectivity index (χ3n) is 4.57. The molecule has 11 heteroatoms. The van der Waals surface area contributed by atoms with Crippen LogP contribution in [0.25, 0.3) is 22.6 Å². The first-order valence-corrected chi connectivity index (χ1v) is 8.29. The summed E-state index contributed by atoms with van der Waals surface area (Å²) in [5, 5.41) is 38.8. The molecule has 3 rings (SSSR count). The first kappa shape index (κ1) is 22.6. The summed E-state index contributed by atoms with van der Waals surface area (Å²) in [5.41, 5.74) is 1.11. The summed E-state index contributed by atoms with van der Waals surface area (Å²) in [6.45, 7) is 2.73. The standard InChI is InChI=1S/C17H20N4O6.Na/c1-7-3-9-10(4-8(7)2)21(5-11(23)14(25)12(24)6-22)15-13(18-9)16(26)20-17(27)19-15;/h3-4,11-12,14,22-25H,5-6H2,1-2H3,(H,20,26,27);/q;+1/t11-,12+,14-;/m0./s1. The number of hydrogen-bond acceptors (Lipinski definition) is 8. The Morgan fingerprint density at radius 3 is 2.36 bits per heavy atom. The number of aliphatic hydroxyl groups is 4. The molecule has 144 valence electrons. The number of aliphatic hydroxyl groups excluding tert-OH is 4. The van der Waals surface area contributed by atoms with Crippen molar-refractivity contribution in [3.8, 4) is 11.5 Å². The van der Waals surface area contributed by atoms with Gasteiger partial charge >= 0.3 is 35.2 Å². The topological polar surface area (TPSA) is 162 Å². The minimum absolute atomic E-state index is 0. The number of aryl methyl sites for hydroxylation is 2. The van der Waals surface area contributed by atoms with E-state index >= 15 is 0 Å². The molecule has 1 aromatic rings. The minimum Gasteiger partial charge on any atom is -0.394 e. The van der Waals surface area contributed by atoms with Crippen LogP contribution in [0.2, 0.25) is 0 Å². The molecule has 0 amide bonds. The number of aromatic amines is 1. The fourth-order valence-electron chi connectivity index (χ4n) is 2.89. The number of hydrogen-bond donors (Lipinski definition) is 5. The Labute approximate surface area is 181 Å². The molecule has 2 aliphatic heterocycles. The number of H-pyrrole nitrogens is 1. The van der Waals surface area contributed by atoms with Crippen LogP contribution in [0, 0.1) is 13.8 Å². The van der Waals surface area contributed by atoms with E-state index in [9.17, 15) is 24.9 Å². The first-order chi connectivity index (χ1) is 12.7. The van der Waals surface area contributed by atoms with Gasteiger partial charge in [-0.3, -0.25) is 9.78 Å². The molecule has 0 saturated carbocycles. The van der Waals surface area contributed by atoms with Gasteiger partial charge in [-0.25, -0.2) is 9.78 Å². The number of rotatable bonds is 5. The predicted molar refractivity (Wildman–Crippen MR) is 95.6 cm³/mol. The number of aromatic nitrogens is 4. The second-order valence-corrected chi connectivity index (χ2v) is 6.50. The Morgan fingerprint density at radius 2 is 1.71 bits per heavy atom. The van der Waals surface area contributed by atoms with Crippen LogP contribution >= 0.6 is 0 Å². The Kier molecular flexibility index (Phi) is 7.10. The quantitative estimate of drug-likeness (QED) is 0.211. The summed E-state index contributed by atoms with van der Waals surface area (Å²) in [5.74, 6) is -0.0516. The van der Waals surface area contributed by atoms with E-state index in [0.29, 0.717) is 11.0 Å². The largest absolute Gasteiger partial charge is 1.00 e. The van der Waals surface area contributed by atoms with Crippen molar-refractivity contribution in [2.24, 2.45) is 0 Å². The summed E-state index contributed by atoms with van der Waals surface area (Å²) < 4.78 is 1.40. The van der Waals surface area contributed by atoms with E-state index < -0.39 is 36.2 Å². The number of fused-ring (bicyclic) bond motifs is 2. The number of nitrogens with zero attached hydrogens (tertiary/aromatic N) is 3. The summed E-state index contributed by atoms with van der Waals surface area (Å²) in [6, 6.07) is 3.53. The molecular weight excluding hydrogens is 379 g/mol. The molecule has 0 bridgehead atoms. The third kappa shape index (κ3) is 4.18. The zero-order valence-corrected chi connectivity index (χ0v) is 17.7. The molecule has 2 heterocycles. The predicted octanol–water partition coefficient (Wildman–Crippen LogP) is -4.72. The van der Waals surface area contributed by atoms with Crippen molar-refractivity contribution >= 4 is 11.0 Å². The van der Waals surface area contributed by atoms with Crippen LogP contribution in [0.5, 0.6) is 0 Å². The van der Waals surface area contributed by atoms with Crippen molar-refractivity contribution in [1.82, 2.24) is 19.5 Å². The third-order valence-corrected chi connectivity index (χ3v) is 4.57. The molecule has 0 fully saturated rings. The Morgan fingerprint density at radius 1 is 1.07 bits per heavy atom. The van der Waals surface area contributed by atoms with E-state index in [0.717, 1.165) is 11.1 Å². The van der Waals surface area contributed by atoms with Gasteiger partial charge in [-0.2, -0.15) is 4.98 Å². The van der Waals surface area contributed by atoms with E-state index in [1.54, 1.807) is 12.1 Å². The molecule has 0 aromatic heterocycles. The molecule has 2 aliphatic rings. The van der Waals surface area contributed by atoms with Crippen LogP contribution < -0.4 is 40.8 Å². The SMILES string of the molecule is Cc1cc2nc3c(=O)[nH]c(=O)nc-3n(C[C@H](O)[C@H](O)[C@H](O)CO)c2cc1C.[Na+]. The maximum Gasteiger partial charge on any atom is 1.00 e. The maximum absolute atomic E-state index is 12.2. The molecule has 1 aromatic carbocycles. The minimum atomic E-state index is -1.64. The van der Waals surface area contributed by atoms with Crippen LogP contribution in [0.3, 0.4) is 0 Å². The molecule has 0 saturated heterocycles. The summed E-state index contributed by atoms with van der Waals surface area (Å²) in [4.78, 5) is 34.0. The average Bonchev–Trinajstić information content (AvgIpc) is 2.62. The first-order valence-electron chi connectivity index (χ1n) is 8.29. The maximum atomic E-state index is 12.2. The summed E-state index contributed by atoms with van der Waals surface area (Å²) in [6.07, 6.45) is -4.68. The van der Waals surface area contributed by atoms with Gasteiger partial charge in [0.2, 0.25) is 0 Å². The molecule has 0 radical (unpaired) electrons. The van der Waals surface area contributed by atoms with E-state index in [4.69, 9.17) is 5.11 Å². The van der Waals surface area contributed by atoms with Gasteiger partial charge in [-0.05, 0) is 37.1 Å². The summed E-state index contributed by atoms with van der Waals surface area (Å²) >= 11 is 0. The zero-order chi connectivity index (χ0) is 19.9. The van der Waals surface area contributed by atoms with Crippen molar-refractivity contribution in [1.29, 1.82) is 0 Å². The van der Waals surface area contributed by atoms with Crippen LogP contribution in [-0.2, 0) is 6.54 Å². The van der Waals surface area contributed by atoms with Gasteiger partial charge in [-0.1, -0.05) is 0 Å². The summed E-state index contributed by atoms with van der Waals surface area (Å²) in [7, 11) is 0. The molecule has 0 unspecified atom stereocenters. The smallest absolute Gasteiger partial charge is 0.394 e. The number of benzene rings is 1. The second kappa shape index (κ2) is 8.78. The Bertz CT molecular complexity index is 1080. The van der Waals surface area contributed by atoms with Crippen LogP contribution in [0.4, 0.5) is 0 Å². The van der Waals surface area contributed by atoms with E-state index in [1.165, 1.54) is 4.57 Å². The van der Waals surface area contributed by atoms with Gasteiger partial charge in [0.05, 0.1) is 24.2 Å². The molecule has 0 spiro atoms. The van der Waals surface area contributed by atoms with Crippen molar-refractivity contribution in [3.05, 3.63) is 44.1 Å². The van der Waals surface area contributed by atoms with Crippen LogP contribution in [0.15, 0.2) is 21.7 Å². The molecule has 3 atom stereocenters. The number of nitrogens with one attached hydrogen (secondary N) is 1. The zero-order valence-electron chi connectivity index (χ0n) is 15.7. The van der Waals surface area contributed by atoms with Gasteiger partial charge in [0.15, 0.2) is 11.5 Å².